The van der Waals surface area contributed by atoms with E-state index in [-0.39, 0.29) is 6.10 Å². The molecule has 2 nitrogen and oxygen atoms in total. The lowest BCUT2D eigenvalue weighted by molar-refractivity contribution is 0.174. The third kappa shape index (κ3) is 3.41. The minimum absolute atomic E-state index is 0.300. The van der Waals surface area contributed by atoms with Crippen molar-refractivity contribution in [3.63, 3.8) is 0 Å². The Kier molecular flexibility index (Phi) is 4.30. The van der Waals surface area contributed by atoms with Crippen molar-refractivity contribution in [2.24, 2.45) is 0 Å². The molecule has 19 heavy (non-hydrogen) atoms. The average molecular weight is 296 g/mol. The predicted octanol–water partition coefficient (Wildman–Crippen LogP) is 3.50. The van der Waals surface area contributed by atoms with Gasteiger partial charge >= 0.3 is 0 Å². The van der Waals surface area contributed by atoms with E-state index in [2.05, 4.69) is 6.92 Å². The molecular weight excluding hydrogens is 276 g/mol. The number of aliphatic hydroxyl groups excluding tert-OH is 1. The molecule has 4 heteroatoms. The van der Waals surface area contributed by atoms with Crippen LogP contribution in [-0.2, 0) is 0 Å². The van der Waals surface area contributed by atoms with Crippen LogP contribution in [0.4, 0.5) is 0 Å². The molecule has 2 aliphatic rings. The Labute approximate surface area is 123 Å². The van der Waals surface area contributed by atoms with Crippen LogP contribution in [0, 0.1) is 0 Å². The highest BCUT2D eigenvalue weighted by atomic mass is 32.2. The van der Waals surface area contributed by atoms with Crippen LogP contribution in [0.1, 0.15) is 31.4 Å². The predicted molar refractivity (Wildman–Crippen MR) is 83.2 cm³/mol. The number of aliphatic hydroxyl groups is 1. The van der Waals surface area contributed by atoms with Gasteiger partial charge in [0.1, 0.15) is 5.75 Å². The van der Waals surface area contributed by atoms with Crippen molar-refractivity contribution in [2.75, 3.05) is 11.5 Å². The van der Waals surface area contributed by atoms with E-state index in [1.807, 2.05) is 47.8 Å². The second-order valence-electron chi connectivity index (χ2n) is 5.24. The summed E-state index contributed by atoms with van der Waals surface area (Å²) in [6.45, 7) is 2.22. The highest BCUT2D eigenvalue weighted by molar-refractivity contribution is 8.07. The summed E-state index contributed by atoms with van der Waals surface area (Å²) in [5.41, 5.74) is 1.01. The molecule has 3 atom stereocenters. The van der Waals surface area contributed by atoms with Crippen molar-refractivity contribution in [1.29, 1.82) is 0 Å². The van der Waals surface area contributed by atoms with Gasteiger partial charge in [-0.15, -0.1) is 0 Å². The van der Waals surface area contributed by atoms with E-state index in [1.54, 1.807) is 0 Å². The van der Waals surface area contributed by atoms with Crippen molar-refractivity contribution < 1.29 is 9.84 Å². The molecule has 1 saturated carbocycles. The topological polar surface area (TPSA) is 29.5 Å². The van der Waals surface area contributed by atoms with E-state index >= 15 is 0 Å². The second-order valence-corrected chi connectivity index (χ2v) is 8.01. The third-order valence-electron chi connectivity index (χ3n) is 3.60. The first-order valence-electron chi connectivity index (χ1n) is 6.92. The fourth-order valence-corrected chi connectivity index (χ4v) is 5.14. The second kappa shape index (κ2) is 5.98. The summed E-state index contributed by atoms with van der Waals surface area (Å²) in [6, 6.07) is 7.99. The average Bonchev–Trinajstić information content (AvgIpc) is 3.23. The summed E-state index contributed by atoms with van der Waals surface area (Å²) >= 11 is 3.86. The summed E-state index contributed by atoms with van der Waals surface area (Å²) in [5.74, 6) is 3.26. The maximum absolute atomic E-state index is 10.5. The monoisotopic (exact) mass is 296 g/mol. The maximum atomic E-state index is 10.5. The summed E-state index contributed by atoms with van der Waals surface area (Å²) < 4.78 is 5.74. The summed E-state index contributed by atoms with van der Waals surface area (Å²) in [6.07, 6.45) is 2.42. The first-order valence-corrected chi connectivity index (χ1v) is 9.01. The molecule has 3 unspecified atom stereocenters. The number of hydrogen-bond acceptors (Lipinski definition) is 4. The van der Waals surface area contributed by atoms with Gasteiger partial charge in [0, 0.05) is 22.0 Å². The molecule has 3 rings (SSSR count). The fourth-order valence-electron chi connectivity index (χ4n) is 2.31. The van der Waals surface area contributed by atoms with Gasteiger partial charge in [0.15, 0.2) is 0 Å². The van der Waals surface area contributed by atoms with Crippen LogP contribution in [-0.4, -0.2) is 33.2 Å². The van der Waals surface area contributed by atoms with Gasteiger partial charge in [-0.3, -0.25) is 0 Å². The zero-order chi connectivity index (χ0) is 13.2. The van der Waals surface area contributed by atoms with E-state index < -0.39 is 0 Å². The van der Waals surface area contributed by atoms with Crippen molar-refractivity contribution in [3.05, 3.63) is 29.8 Å². The normalized spacial score (nSPS) is 28.9. The third-order valence-corrected chi connectivity index (χ3v) is 6.78. The van der Waals surface area contributed by atoms with Crippen LogP contribution >= 0.6 is 23.5 Å². The van der Waals surface area contributed by atoms with Crippen LogP contribution in [0.3, 0.4) is 0 Å². The smallest absolute Gasteiger partial charge is 0.119 e. The van der Waals surface area contributed by atoms with Crippen LogP contribution in [0.15, 0.2) is 24.3 Å². The Balaban J connectivity index is 1.66. The van der Waals surface area contributed by atoms with Gasteiger partial charge in [0.05, 0.1) is 12.2 Å². The standard InChI is InChI=1S/C15H20O2S2/c1-10-15(19-9-8-18-10)14(16)11-2-4-12(5-3-11)17-13-6-7-13/h2-5,10,13-16H,6-9H2,1H3. The molecule has 1 aliphatic carbocycles. The highest BCUT2D eigenvalue weighted by Crippen LogP contribution is 2.39. The van der Waals surface area contributed by atoms with E-state index in [4.69, 9.17) is 4.74 Å². The zero-order valence-corrected chi connectivity index (χ0v) is 12.8. The SMILES string of the molecule is CC1SCCSC1C(O)c1ccc(OC2CC2)cc1. The molecule has 0 bridgehead atoms. The Morgan fingerprint density at radius 1 is 1.16 bits per heavy atom. The Bertz CT molecular complexity index is 417. The van der Waals surface area contributed by atoms with Crippen molar-refractivity contribution in [1.82, 2.24) is 0 Å². The number of ether oxygens (including phenoxy) is 1. The van der Waals surface area contributed by atoms with Gasteiger partial charge in [0.25, 0.3) is 0 Å². The van der Waals surface area contributed by atoms with Gasteiger partial charge in [-0.05, 0) is 30.5 Å². The maximum Gasteiger partial charge on any atom is 0.119 e. The molecule has 1 N–H and O–H groups in total. The van der Waals surface area contributed by atoms with Gasteiger partial charge in [-0.25, -0.2) is 0 Å². The van der Waals surface area contributed by atoms with Gasteiger partial charge < -0.3 is 9.84 Å². The Hall–Kier alpha value is -0.320. The van der Waals surface area contributed by atoms with E-state index in [1.165, 1.54) is 18.6 Å². The minimum atomic E-state index is -0.372. The van der Waals surface area contributed by atoms with Gasteiger partial charge in [-0.2, -0.15) is 23.5 Å². The van der Waals surface area contributed by atoms with Crippen LogP contribution < -0.4 is 4.74 Å². The zero-order valence-electron chi connectivity index (χ0n) is 11.1. The van der Waals surface area contributed by atoms with E-state index in [0.29, 0.717) is 16.6 Å². The van der Waals surface area contributed by atoms with Crippen LogP contribution in [0.2, 0.25) is 0 Å². The first kappa shape index (κ1) is 13.7. The quantitative estimate of drug-likeness (QED) is 0.921. The summed E-state index contributed by atoms with van der Waals surface area (Å²) in [7, 11) is 0. The molecule has 104 valence electrons. The lowest BCUT2D eigenvalue weighted by Crippen LogP contribution is -2.29. The van der Waals surface area contributed by atoms with Crippen molar-refractivity contribution in [3.8, 4) is 5.75 Å². The van der Waals surface area contributed by atoms with E-state index in [0.717, 1.165) is 17.1 Å². The van der Waals surface area contributed by atoms with Crippen LogP contribution in [0.25, 0.3) is 0 Å². The first-order chi connectivity index (χ1) is 9.24. The van der Waals surface area contributed by atoms with Crippen molar-refractivity contribution >= 4 is 23.5 Å². The Morgan fingerprint density at radius 2 is 1.84 bits per heavy atom. The number of benzene rings is 1. The minimum Gasteiger partial charge on any atom is -0.490 e. The summed E-state index contributed by atoms with van der Waals surface area (Å²) in [5, 5.41) is 11.3. The fraction of sp³-hybridized carbons (Fsp3) is 0.600. The number of hydrogen-bond donors (Lipinski definition) is 1. The number of rotatable bonds is 4. The lowest BCUT2D eigenvalue weighted by atomic mass is 10.0. The molecular formula is C15H20O2S2. The molecule has 0 amide bonds. The van der Waals surface area contributed by atoms with Crippen molar-refractivity contribution in [2.45, 2.75) is 42.5 Å². The molecule has 1 aromatic carbocycles. The lowest BCUT2D eigenvalue weighted by Gasteiger charge is -2.31. The Morgan fingerprint density at radius 3 is 2.47 bits per heavy atom. The molecule has 0 spiro atoms. The molecule has 1 saturated heterocycles. The molecule has 0 aromatic heterocycles. The van der Waals surface area contributed by atoms with Gasteiger partial charge in [-0.1, -0.05) is 19.1 Å². The summed E-state index contributed by atoms with van der Waals surface area (Å²) in [4.78, 5) is 0. The molecule has 2 fully saturated rings. The molecule has 1 aromatic rings. The van der Waals surface area contributed by atoms with Gasteiger partial charge in [0.2, 0.25) is 0 Å². The number of thioether (sulfide) groups is 2. The largest absolute Gasteiger partial charge is 0.490 e. The van der Waals surface area contributed by atoms with E-state index in [9.17, 15) is 5.11 Å². The molecule has 1 heterocycles. The highest BCUT2D eigenvalue weighted by Gasteiger charge is 2.30. The molecule has 0 radical (unpaired) electrons. The molecule has 1 aliphatic heterocycles. The van der Waals surface area contributed by atoms with Crippen LogP contribution in [0.5, 0.6) is 5.75 Å².